The number of nitrogens with zero attached hydrogens (tertiary/aromatic N) is 2. The second-order valence-electron chi connectivity index (χ2n) is 6.87. The van der Waals surface area contributed by atoms with Crippen molar-refractivity contribution >= 4 is 5.69 Å². The van der Waals surface area contributed by atoms with E-state index in [9.17, 15) is 10.1 Å². The van der Waals surface area contributed by atoms with E-state index in [1.165, 1.54) is 19.3 Å². The van der Waals surface area contributed by atoms with Crippen molar-refractivity contribution in [1.82, 2.24) is 10.2 Å². The molecule has 1 aromatic rings. The first kappa shape index (κ1) is 17.3. The highest BCUT2D eigenvalue weighted by Gasteiger charge is 2.38. The number of nitro groups is 1. The van der Waals surface area contributed by atoms with Gasteiger partial charge in [-0.15, -0.1) is 0 Å². The number of hydrogen-bond donors (Lipinski definition) is 1. The van der Waals surface area contributed by atoms with E-state index in [-0.39, 0.29) is 16.1 Å². The van der Waals surface area contributed by atoms with E-state index in [1.54, 1.807) is 12.1 Å². The molecule has 6 heteroatoms. The van der Waals surface area contributed by atoms with Gasteiger partial charge in [0.1, 0.15) is 0 Å². The van der Waals surface area contributed by atoms with E-state index in [1.807, 2.05) is 12.1 Å². The van der Waals surface area contributed by atoms with Crippen LogP contribution in [0.25, 0.3) is 0 Å². The lowest BCUT2D eigenvalue weighted by Crippen LogP contribution is -2.59. The molecule has 2 aliphatic rings. The zero-order valence-electron chi connectivity index (χ0n) is 14.2. The maximum atomic E-state index is 11.1. The lowest BCUT2D eigenvalue weighted by molar-refractivity contribution is -0.385. The summed E-state index contributed by atoms with van der Waals surface area (Å²) in [6.45, 7) is 5.34. The Balaban J connectivity index is 1.65. The van der Waals surface area contributed by atoms with Crippen molar-refractivity contribution in [1.29, 1.82) is 0 Å². The molecule has 0 aromatic heterocycles. The van der Waals surface area contributed by atoms with Crippen LogP contribution in [0, 0.1) is 10.1 Å². The van der Waals surface area contributed by atoms with Gasteiger partial charge in [-0.3, -0.25) is 15.0 Å². The third-order valence-corrected chi connectivity index (χ3v) is 5.41. The van der Waals surface area contributed by atoms with Crippen molar-refractivity contribution in [2.45, 2.75) is 44.2 Å². The number of benzene rings is 1. The first-order valence-corrected chi connectivity index (χ1v) is 8.97. The number of ether oxygens (including phenoxy) is 1. The van der Waals surface area contributed by atoms with E-state index >= 15 is 0 Å². The van der Waals surface area contributed by atoms with Gasteiger partial charge in [0, 0.05) is 43.5 Å². The van der Waals surface area contributed by atoms with Gasteiger partial charge in [-0.05, 0) is 38.8 Å². The molecule has 0 amide bonds. The van der Waals surface area contributed by atoms with Gasteiger partial charge in [0.15, 0.2) is 0 Å². The maximum Gasteiger partial charge on any atom is 0.273 e. The normalized spacial score (nSPS) is 21.5. The lowest BCUT2D eigenvalue weighted by Gasteiger charge is -2.48. The summed E-state index contributed by atoms with van der Waals surface area (Å²) in [6.07, 6.45) is 5.94. The first-order valence-electron chi connectivity index (χ1n) is 8.97. The quantitative estimate of drug-likeness (QED) is 0.640. The van der Waals surface area contributed by atoms with Gasteiger partial charge in [-0.1, -0.05) is 24.6 Å². The fourth-order valence-corrected chi connectivity index (χ4v) is 3.99. The predicted molar refractivity (Wildman–Crippen MR) is 93.0 cm³/mol. The Kier molecular flexibility index (Phi) is 5.81. The topological polar surface area (TPSA) is 67.6 Å². The summed E-state index contributed by atoms with van der Waals surface area (Å²) in [5.41, 5.74) is 1.09. The number of nitro benzene ring substituents is 1. The van der Waals surface area contributed by atoms with Crippen LogP contribution in [-0.2, 0) is 11.3 Å². The molecule has 1 aromatic carbocycles. The SMILES string of the molecule is O=[N+]([O-])c1ccccc1CNCC1(N2CCCCC2)CCOCC1. The minimum Gasteiger partial charge on any atom is -0.381 e. The van der Waals surface area contributed by atoms with Crippen molar-refractivity contribution in [2.24, 2.45) is 0 Å². The summed E-state index contributed by atoms with van der Waals surface area (Å²) in [7, 11) is 0. The van der Waals surface area contributed by atoms with Crippen LogP contribution in [0.1, 0.15) is 37.7 Å². The van der Waals surface area contributed by atoms with Crippen LogP contribution in [0.3, 0.4) is 0 Å². The number of rotatable bonds is 6. The Labute approximate surface area is 143 Å². The monoisotopic (exact) mass is 333 g/mol. The van der Waals surface area contributed by atoms with Crippen molar-refractivity contribution in [3.05, 3.63) is 39.9 Å². The molecular formula is C18H27N3O3. The summed E-state index contributed by atoms with van der Waals surface area (Å²) in [4.78, 5) is 13.5. The van der Waals surface area contributed by atoms with Crippen molar-refractivity contribution in [2.75, 3.05) is 32.8 Å². The van der Waals surface area contributed by atoms with Gasteiger partial charge in [-0.2, -0.15) is 0 Å². The molecule has 1 N–H and O–H groups in total. The third-order valence-electron chi connectivity index (χ3n) is 5.41. The molecule has 0 atom stereocenters. The summed E-state index contributed by atoms with van der Waals surface area (Å²) >= 11 is 0. The molecule has 6 nitrogen and oxygen atoms in total. The number of piperidine rings is 1. The number of nitrogens with one attached hydrogen (secondary N) is 1. The minimum atomic E-state index is -0.300. The summed E-state index contributed by atoms with van der Waals surface area (Å²) < 4.78 is 5.59. The highest BCUT2D eigenvalue weighted by Crippen LogP contribution is 2.30. The smallest absolute Gasteiger partial charge is 0.273 e. The van der Waals surface area contributed by atoms with Gasteiger partial charge in [0.05, 0.1) is 4.92 Å². The molecule has 0 saturated carbocycles. The Morgan fingerprint density at radius 1 is 1.17 bits per heavy atom. The fraction of sp³-hybridized carbons (Fsp3) is 0.667. The van der Waals surface area contributed by atoms with E-state index in [2.05, 4.69) is 10.2 Å². The molecule has 2 saturated heterocycles. The highest BCUT2D eigenvalue weighted by molar-refractivity contribution is 5.39. The van der Waals surface area contributed by atoms with Crippen LogP contribution in [0.5, 0.6) is 0 Å². The maximum absolute atomic E-state index is 11.1. The molecule has 0 radical (unpaired) electrons. The van der Waals surface area contributed by atoms with Gasteiger partial charge in [0.2, 0.25) is 0 Å². The Morgan fingerprint density at radius 2 is 1.88 bits per heavy atom. The van der Waals surface area contributed by atoms with Crippen molar-refractivity contribution in [3.63, 3.8) is 0 Å². The van der Waals surface area contributed by atoms with Gasteiger partial charge in [-0.25, -0.2) is 0 Å². The molecular weight excluding hydrogens is 306 g/mol. The first-order chi connectivity index (χ1) is 11.7. The molecule has 2 aliphatic heterocycles. The Bertz CT molecular complexity index is 552. The van der Waals surface area contributed by atoms with Crippen LogP contribution in [-0.4, -0.2) is 48.2 Å². The predicted octanol–water partition coefficient (Wildman–Crippen LogP) is 2.72. The standard InChI is InChI=1S/C18H27N3O3/c22-21(23)17-7-3-2-6-16(17)14-19-15-18(8-12-24-13-9-18)20-10-4-1-5-11-20/h2-3,6-7,19H,1,4-5,8-15H2. The molecule has 2 heterocycles. The van der Waals surface area contributed by atoms with Gasteiger partial charge in [0.25, 0.3) is 5.69 Å². The van der Waals surface area contributed by atoms with Gasteiger partial charge < -0.3 is 10.1 Å². The zero-order chi connectivity index (χ0) is 16.8. The zero-order valence-corrected chi connectivity index (χ0v) is 14.2. The lowest BCUT2D eigenvalue weighted by atomic mass is 9.86. The van der Waals surface area contributed by atoms with Crippen LogP contribution < -0.4 is 5.32 Å². The number of para-hydroxylation sites is 1. The van der Waals surface area contributed by atoms with E-state index in [0.29, 0.717) is 6.54 Å². The van der Waals surface area contributed by atoms with Crippen LogP contribution in [0.2, 0.25) is 0 Å². The number of hydrogen-bond acceptors (Lipinski definition) is 5. The molecule has 3 rings (SSSR count). The minimum absolute atomic E-state index is 0.141. The van der Waals surface area contributed by atoms with E-state index < -0.39 is 0 Å². The van der Waals surface area contributed by atoms with Crippen molar-refractivity contribution in [3.8, 4) is 0 Å². The molecule has 24 heavy (non-hydrogen) atoms. The van der Waals surface area contributed by atoms with E-state index in [0.717, 1.165) is 51.3 Å². The summed E-state index contributed by atoms with van der Waals surface area (Å²) in [5.74, 6) is 0. The Morgan fingerprint density at radius 3 is 2.58 bits per heavy atom. The average Bonchev–Trinajstić information content (AvgIpc) is 2.63. The molecule has 0 spiro atoms. The van der Waals surface area contributed by atoms with E-state index in [4.69, 9.17) is 4.74 Å². The number of likely N-dealkylation sites (tertiary alicyclic amines) is 1. The molecule has 2 fully saturated rings. The fourth-order valence-electron chi connectivity index (χ4n) is 3.99. The van der Waals surface area contributed by atoms with Crippen molar-refractivity contribution < 1.29 is 9.66 Å². The summed E-state index contributed by atoms with van der Waals surface area (Å²) in [5, 5.41) is 14.7. The summed E-state index contributed by atoms with van der Waals surface area (Å²) in [6, 6.07) is 6.99. The average molecular weight is 333 g/mol. The largest absolute Gasteiger partial charge is 0.381 e. The van der Waals surface area contributed by atoms with Gasteiger partial charge >= 0.3 is 0 Å². The molecule has 132 valence electrons. The molecule has 0 aliphatic carbocycles. The third kappa shape index (κ3) is 3.94. The highest BCUT2D eigenvalue weighted by atomic mass is 16.6. The van der Waals surface area contributed by atoms with Crippen LogP contribution in [0.15, 0.2) is 24.3 Å². The Hall–Kier alpha value is -1.50. The second-order valence-corrected chi connectivity index (χ2v) is 6.87. The second kappa shape index (κ2) is 8.05. The molecule has 0 unspecified atom stereocenters. The molecule has 0 bridgehead atoms. The van der Waals surface area contributed by atoms with Crippen LogP contribution in [0.4, 0.5) is 5.69 Å². The van der Waals surface area contributed by atoms with Crippen LogP contribution >= 0.6 is 0 Å².